The lowest BCUT2D eigenvalue weighted by atomic mass is 10.0. The van der Waals surface area contributed by atoms with Gasteiger partial charge in [-0.1, -0.05) is 49.9 Å². The van der Waals surface area contributed by atoms with E-state index in [1.807, 2.05) is 24.3 Å². The van der Waals surface area contributed by atoms with Gasteiger partial charge >= 0.3 is 0 Å². The Balaban J connectivity index is 1.47. The molecule has 2 aromatic carbocycles. The summed E-state index contributed by atoms with van der Waals surface area (Å²) in [5.41, 5.74) is 3.35. The second kappa shape index (κ2) is 10.1. The van der Waals surface area contributed by atoms with E-state index in [9.17, 15) is 4.79 Å². The van der Waals surface area contributed by atoms with Crippen LogP contribution in [-0.4, -0.2) is 45.5 Å². The number of amides is 1. The number of carbonyl (C=O) groups excluding carboxylic acids is 1. The largest absolute Gasteiger partial charge is 0.497 e. The molecule has 1 aromatic heterocycles. The molecule has 0 unspecified atom stereocenters. The van der Waals surface area contributed by atoms with E-state index in [0.29, 0.717) is 17.6 Å². The highest BCUT2D eigenvalue weighted by Crippen LogP contribution is 2.20. The molecule has 152 valence electrons. The third-order valence-corrected chi connectivity index (χ3v) is 5.39. The maximum atomic E-state index is 12.2. The molecule has 3 aromatic rings. The topological polar surface area (TPSA) is 81.9 Å². The average molecular weight is 412 g/mol. The van der Waals surface area contributed by atoms with Crippen molar-refractivity contribution in [2.75, 3.05) is 19.4 Å². The normalized spacial score (nSPS) is 10.9. The molecule has 3 rings (SSSR count). The molecule has 0 aliphatic rings. The van der Waals surface area contributed by atoms with Gasteiger partial charge < -0.3 is 10.1 Å². The Hall–Kier alpha value is -2.87. The molecule has 7 nitrogen and oxygen atoms in total. The molecular weight excluding hydrogens is 386 g/mol. The van der Waals surface area contributed by atoms with Gasteiger partial charge in [0.2, 0.25) is 11.1 Å². The lowest BCUT2D eigenvalue weighted by molar-refractivity contribution is -0.118. The van der Waals surface area contributed by atoms with Crippen LogP contribution in [0.5, 0.6) is 5.75 Å². The second-order valence-electron chi connectivity index (χ2n) is 6.86. The molecule has 0 aliphatic heterocycles. The van der Waals surface area contributed by atoms with E-state index in [2.05, 4.69) is 59.0 Å². The second-order valence-corrected chi connectivity index (χ2v) is 7.80. The van der Waals surface area contributed by atoms with Crippen molar-refractivity contribution in [2.45, 2.75) is 31.3 Å². The van der Waals surface area contributed by atoms with Gasteiger partial charge in [-0.15, -0.1) is 5.10 Å². The van der Waals surface area contributed by atoms with E-state index < -0.39 is 0 Å². The van der Waals surface area contributed by atoms with E-state index in [-0.39, 0.29) is 11.7 Å². The van der Waals surface area contributed by atoms with Crippen molar-refractivity contribution >= 4 is 17.7 Å². The number of rotatable bonds is 9. The van der Waals surface area contributed by atoms with Crippen molar-refractivity contribution in [2.24, 2.45) is 0 Å². The Morgan fingerprint density at radius 1 is 1.14 bits per heavy atom. The smallest absolute Gasteiger partial charge is 0.230 e. The van der Waals surface area contributed by atoms with E-state index in [1.54, 1.807) is 11.8 Å². The van der Waals surface area contributed by atoms with Crippen molar-refractivity contribution in [3.8, 4) is 11.4 Å². The van der Waals surface area contributed by atoms with Crippen LogP contribution in [0.2, 0.25) is 0 Å². The van der Waals surface area contributed by atoms with Gasteiger partial charge in [-0.2, -0.15) is 4.68 Å². The Morgan fingerprint density at radius 3 is 2.52 bits per heavy atom. The Kier molecular flexibility index (Phi) is 7.24. The van der Waals surface area contributed by atoms with Crippen molar-refractivity contribution in [3.63, 3.8) is 0 Å². The summed E-state index contributed by atoms with van der Waals surface area (Å²) in [5, 5.41) is 15.2. The summed E-state index contributed by atoms with van der Waals surface area (Å²) in [7, 11) is 1.62. The summed E-state index contributed by atoms with van der Waals surface area (Å²) < 4.78 is 6.77. The fourth-order valence-electron chi connectivity index (χ4n) is 2.75. The fraction of sp³-hybridized carbons (Fsp3) is 0.333. The summed E-state index contributed by atoms with van der Waals surface area (Å²) in [4.78, 5) is 12.2. The molecule has 0 fully saturated rings. The molecule has 8 heteroatoms. The predicted molar refractivity (Wildman–Crippen MR) is 114 cm³/mol. The summed E-state index contributed by atoms with van der Waals surface area (Å²) >= 11 is 1.30. The van der Waals surface area contributed by atoms with Crippen LogP contribution in [0.1, 0.15) is 30.9 Å². The number of methoxy groups -OCH3 is 1. The molecule has 0 saturated heterocycles. The molecule has 1 heterocycles. The molecule has 0 aliphatic carbocycles. The molecule has 0 atom stereocenters. The SMILES string of the molecule is COc1ccc(-n2nnnc2SCC(=O)NCCc2ccc(C(C)C)cc2)cc1. The molecule has 29 heavy (non-hydrogen) atoms. The number of ether oxygens (including phenoxy) is 1. The number of benzene rings is 2. The van der Waals surface area contributed by atoms with Gasteiger partial charge in [-0.3, -0.25) is 4.79 Å². The minimum absolute atomic E-state index is 0.0434. The van der Waals surface area contributed by atoms with Gasteiger partial charge in [0, 0.05) is 6.54 Å². The lowest BCUT2D eigenvalue weighted by Crippen LogP contribution is -2.27. The first-order valence-electron chi connectivity index (χ1n) is 9.48. The Morgan fingerprint density at radius 2 is 1.86 bits per heavy atom. The first-order chi connectivity index (χ1) is 14.1. The van der Waals surface area contributed by atoms with Crippen molar-refractivity contribution in [3.05, 3.63) is 59.7 Å². The molecular formula is C21H25N5O2S. The highest BCUT2D eigenvalue weighted by molar-refractivity contribution is 7.99. The summed E-state index contributed by atoms with van der Waals surface area (Å²) in [6.45, 7) is 4.96. The van der Waals surface area contributed by atoms with Gasteiger partial charge in [0.15, 0.2) is 0 Å². The zero-order chi connectivity index (χ0) is 20.6. The first kappa shape index (κ1) is 20.9. The number of nitrogens with zero attached hydrogens (tertiary/aromatic N) is 4. The van der Waals surface area contributed by atoms with Gasteiger partial charge in [0.1, 0.15) is 5.75 Å². The van der Waals surface area contributed by atoms with E-state index in [0.717, 1.165) is 17.9 Å². The number of aromatic nitrogens is 4. The average Bonchev–Trinajstić information content (AvgIpc) is 3.21. The number of thioether (sulfide) groups is 1. The number of nitrogens with one attached hydrogen (secondary N) is 1. The van der Waals surface area contributed by atoms with Gasteiger partial charge in [0.05, 0.1) is 18.6 Å². The lowest BCUT2D eigenvalue weighted by Gasteiger charge is -2.08. The van der Waals surface area contributed by atoms with Crippen LogP contribution < -0.4 is 10.1 Å². The van der Waals surface area contributed by atoms with E-state index in [1.165, 1.54) is 22.9 Å². The van der Waals surface area contributed by atoms with Crippen LogP contribution in [0.3, 0.4) is 0 Å². The van der Waals surface area contributed by atoms with Crippen LogP contribution in [0.25, 0.3) is 5.69 Å². The molecule has 0 spiro atoms. The van der Waals surface area contributed by atoms with Crippen LogP contribution in [0.4, 0.5) is 0 Å². The minimum Gasteiger partial charge on any atom is -0.497 e. The Labute approximate surface area is 174 Å². The molecule has 0 radical (unpaired) electrons. The minimum atomic E-state index is -0.0434. The van der Waals surface area contributed by atoms with Crippen LogP contribution in [0, 0.1) is 0 Å². The third kappa shape index (κ3) is 5.80. The molecule has 0 bridgehead atoms. The Bertz CT molecular complexity index is 923. The summed E-state index contributed by atoms with van der Waals surface area (Å²) in [6.07, 6.45) is 0.804. The maximum Gasteiger partial charge on any atom is 0.230 e. The van der Waals surface area contributed by atoms with Gasteiger partial charge in [-0.05, 0) is 58.2 Å². The highest BCUT2D eigenvalue weighted by Gasteiger charge is 2.11. The zero-order valence-electron chi connectivity index (χ0n) is 16.8. The number of hydrogen-bond donors (Lipinski definition) is 1. The predicted octanol–water partition coefficient (Wildman–Crippen LogP) is 3.25. The van der Waals surface area contributed by atoms with Crippen LogP contribution in [-0.2, 0) is 11.2 Å². The molecule has 1 amide bonds. The van der Waals surface area contributed by atoms with Gasteiger partial charge in [-0.25, -0.2) is 0 Å². The van der Waals surface area contributed by atoms with Gasteiger partial charge in [0.25, 0.3) is 0 Å². The standard InChI is InChI=1S/C21H25N5O2S/c1-15(2)17-6-4-16(5-7-17)12-13-22-20(27)14-29-21-23-24-25-26(21)18-8-10-19(28-3)11-9-18/h4-11,15H,12-14H2,1-3H3,(H,22,27). The highest BCUT2D eigenvalue weighted by atomic mass is 32.2. The molecule has 0 saturated carbocycles. The zero-order valence-corrected chi connectivity index (χ0v) is 17.6. The van der Waals surface area contributed by atoms with Crippen LogP contribution in [0.15, 0.2) is 53.7 Å². The van der Waals surface area contributed by atoms with E-state index >= 15 is 0 Å². The first-order valence-corrected chi connectivity index (χ1v) is 10.5. The van der Waals surface area contributed by atoms with Crippen LogP contribution >= 0.6 is 11.8 Å². The number of carbonyl (C=O) groups is 1. The summed E-state index contributed by atoms with van der Waals surface area (Å²) in [6, 6.07) is 16.0. The monoisotopic (exact) mass is 411 g/mol. The number of hydrogen-bond acceptors (Lipinski definition) is 6. The maximum absolute atomic E-state index is 12.2. The van der Waals surface area contributed by atoms with Crippen molar-refractivity contribution in [1.29, 1.82) is 0 Å². The van der Waals surface area contributed by atoms with Crippen molar-refractivity contribution in [1.82, 2.24) is 25.5 Å². The number of tetrazole rings is 1. The quantitative estimate of drug-likeness (QED) is 0.545. The third-order valence-electron chi connectivity index (χ3n) is 4.47. The summed E-state index contributed by atoms with van der Waals surface area (Å²) in [5.74, 6) is 1.49. The fourth-order valence-corrected chi connectivity index (χ4v) is 3.47. The van der Waals surface area contributed by atoms with Crippen molar-refractivity contribution < 1.29 is 9.53 Å². The molecule has 1 N–H and O–H groups in total. The van der Waals surface area contributed by atoms with E-state index in [4.69, 9.17) is 4.74 Å².